The number of aliphatic imine (C=N–C) groups is 1. The van der Waals surface area contributed by atoms with Gasteiger partial charge in [-0.3, -0.25) is 9.79 Å². The Morgan fingerprint density at radius 1 is 1.43 bits per heavy atom. The van der Waals surface area contributed by atoms with Gasteiger partial charge in [-0.2, -0.15) is 0 Å². The fourth-order valence-electron chi connectivity index (χ4n) is 2.45. The van der Waals surface area contributed by atoms with Crippen molar-refractivity contribution in [3.05, 3.63) is 24.2 Å². The van der Waals surface area contributed by atoms with Crippen molar-refractivity contribution in [3.8, 4) is 0 Å². The number of carboxylic acids is 2. The monoisotopic (exact) mass is 442 g/mol. The van der Waals surface area contributed by atoms with Crippen LogP contribution in [0.25, 0.3) is 0 Å². The van der Waals surface area contributed by atoms with E-state index in [1.165, 1.54) is 25.5 Å². The standard InChI is InChI=1S/C16H18N4O9S/c1-27-20-10(8-3-2-4-28-8)12(21)18-11(15(24)25)13-19-9(14(22)23)7(6-30-13)5-29-16(17)26/h2-4,7,11,13H,5-6H2,1H3,(H2,17,26)(H,18,21)(H,22,23)(H,24,25)/b20-10-/t7-,11-,13+/m0/s1. The first-order valence-electron chi connectivity index (χ1n) is 8.28. The van der Waals surface area contributed by atoms with Crippen LogP contribution in [0.1, 0.15) is 5.76 Å². The first-order valence-corrected chi connectivity index (χ1v) is 9.33. The van der Waals surface area contributed by atoms with Gasteiger partial charge < -0.3 is 35.3 Å². The van der Waals surface area contributed by atoms with Gasteiger partial charge in [0, 0.05) is 5.75 Å². The van der Waals surface area contributed by atoms with Crippen LogP contribution in [0.5, 0.6) is 0 Å². The number of thioether (sulfide) groups is 1. The lowest BCUT2D eigenvalue weighted by atomic mass is 10.1. The normalized spacial score (nSPS) is 19.9. The number of rotatable bonds is 9. The van der Waals surface area contributed by atoms with E-state index in [0.29, 0.717) is 0 Å². The van der Waals surface area contributed by atoms with Crippen molar-refractivity contribution in [1.29, 1.82) is 0 Å². The molecule has 2 amide bonds. The number of carbonyl (C=O) groups excluding carboxylic acids is 2. The Kier molecular flexibility index (Phi) is 7.80. The predicted molar refractivity (Wildman–Crippen MR) is 102 cm³/mol. The Labute approximate surface area is 173 Å². The van der Waals surface area contributed by atoms with E-state index in [4.69, 9.17) is 10.2 Å². The lowest BCUT2D eigenvalue weighted by Crippen LogP contribution is -2.51. The van der Waals surface area contributed by atoms with Crippen LogP contribution >= 0.6 is 11.8 Å². The molecule has 14 heteroatoms. The van der Waals surface area contributed by atoms with E-state index in [1.54, 1.807) is 0 Å². The van der Waals surface area contributed by atoms with Crippen LogP contribution in [-0.4, -0.2) is 76.5 Å². The summed E-state index contributed by atoms with van der Waals surface area (Å²) in [4.78, 5) is 55.1. The summed E-state index contributed by atoms with van der Waals surface area (Å²) >= 11 is 0.972. The van der Waals surface area contributed by atoms with Gasteiger partial charge >= 0.3 is 18.0 Å². The lowest BCUT2D eigenvalue weighted by Gasteiger charge is -2.28. The molecule has 0 aromatic carbocycles. The lowest BCUT2D eigenvalue weighted by molar-refractivity contribution is -0.141. The minimum absolute atomic E-state index is 0.0353. The largest absolute Gasteiger partial charge is 0.480 e. The number of nitrogens with zero attached hydrogens (tertiary/aromatic N) is 2. The molecule has 0 fully saturated rings. The number of nitrogens with one attached hydrogen (secondary N) is 1. The SMILES string of the molecule is CO/N=C(\C(=O)N[C@H](C(=O)O)[C@@H]1N=C(C(=O)O)[C@@H](COC(N)=O)CS1)c1ccco1. The summed E-state index contributed by atoms with van der Waals surface area (Å²) in [6, 6.07) is 1.33. The highest BCUT2D eigenvalue weighted by Gasteiger charge is 2.38. The average molecular weight is 442 g/mol. The third-order valence-electron chi connectivity index (χ3n) is 3.76. The average Bonchev–Trinajstić information content (AvgIpc) is 3.22. The molecule has 0 unspecified atom stereocenters. The van der Waals surface area contributed by atoms with Crippen molar-refractivity contribution in [1.82, 2.24) is 5.32 Å². The molecule has 2 heterocycles. The number of carboxylic acid groups (broad SMARTS) is 2. The highest BCUT2D eigenvalue weighted by molar-refractivity contribution is 8.00. The zero-order valence-corrected chi connectivity index (χ0v) is 16.3. The second kappa shape index (κ2) is 10.3. The van der Waals surface area contributed by atoms with Gasteiger partial charge in [0.2, 0.25) is 5.71 Å². The van der Waals surface area contributed by atoms with Gasteiger partial charge in [-0.25, -0.2) is 14.4 Å². The van der Waals surface area contributed by atoms with E-state index in [-0.39, 0.29) is 23.8 Å². The topological polar surface area (TPSA) is 203 Å². The maximum atomic E-state index is 12.6. The number of hydrogen-bond acceptors (Lipinski definition) is 10. The molecule has 0 radical (unpaired) electrons. The van der Waals surface area contributed by atoms with Crippen LogP contribution in [0.3, 0.4) is 0 Å². The summed E-state index contributed by atoms with van der Waals surface area (Å²) in [7, 11) is 1.19. The third-order valence-corrected chi connectivity index (χ3v) is 5.07. The van der Waals surface area contributed by atoms with Crippen molar-refractivity contribution < 1.29 is 43.4 Å². The van der Waals surface area contributed by atoms with Crippen molar-refractivity contribution in [2.24, 2.45) is 21.8 Å². The molecule has 162 valence electrons. The second-order valence-corrected chi connectivity index (χ2v) is 6.91. The number of aliphatic carboxylic acids is 2. The van der Waals surface area contributed by atoms with Crippen molar-refractivity contribution in [2.45, 2.75) is 11.4 Å². The van der Waals surface area contributed by atoms with E-state index in [1.807, 2.05) is 0 Å². The summed E-state index contributed by atoms with van der Waals surface area (Å²) in [6.07, 6.45) is 0.211. The second-order valence-electron chi connectivity index (χ2n) is 5.76. The van der Waals surface area contributed by atoms with Crippen molar-refractivity contribution in [3.63, 3.8) is 0 Å². The van der Waals surface area contributed by atoms with Gasteiger partial charge in [-0.15, -0.1) is 11.8 Å². The molecule has 0 spiro atoms. The highest BCUT2D eigenvalue weighted by Crippen LogP contribution is 2.27. The van der Waals surface area contributed by atoms with Crippen molar-refractivity contribution >= 4 is 47.1 Å². The summed E-state index contributed by atoms with van der Waals surface area (Å²) < 4.78 is 9.71. The molecular weight excluding hydrogens is 424 g/mol. The van der Waals surface area contributed by atoms with Gasteiger partial charge in [0.25, 0.3) is 5.91 Å². The van der Waals surface area contributed by atoms with Crippen LogP contribution in [0.4, 0.5) is 4.79 Å². The molecule has 0 bridgehead atoms. The predicted octanol–water partition coefficient (Wildman–Crippen LogP) is -0.490. The minimum Gasteiger partial charge on any atom is -0.480 e. The van der Waals surface area contributed by atoms with Gasteiger partial charge in [0.1, 0.15) is 24.8 Å². The van der Waals surface area contributed by atoms with E-state index in [2.05, 4.69) is 25.0 Å². The molecule has 0 aliphatic carbocycles. The molecular formula is C16H18N4O9S. The van der Waals surface area contributed by atoms with Gasteiger partial charge in [-0.1, -0.05) is 5.16 Å². The number of furan rings is 1. The fourth-order valence-corrected chi connectivity index (χ4v) is 3.70. The molecule has 1 aromatic heterocycles. The number of primary amides is 1. The highest BCUT2D eigenvalue weighted by atomic mass is 32.2. The number of hydrogen-bond donors (Lipinski definition) is 4. The maximum Gasteiger partial charge on any atom is 0.404 e. The molecule has 1 aliphatic rings. The molecule has 2 rings (SSSR count). The molecule has 13 nitrogen and oxygen atoms in total. The van der Waals surface area contributed by atoms with Gasteiger partial charge in [0.05, 0.1) is 12.2 Å². The number of amides is 2. The van der Waals surface area contributed by atoms with Crippen LogP contribution in [0.15, 0.2) is 33.0 Å². The number of oxime groups is 1. The number of nitrogens with two attached hydrogens (primary N) is 1. The van der Waals surface area contributed by atoms with E-state index < -0.39 is 47.0 Å². The third kappa shape index (κ3) is 5.73. The Bertz CT molecular complexity index is 868. The molecule has 1 aliphatic heterocycles. The maximum absolute atomic E-state index is 12.6. The quantitative estimate of drug-likeness (QED) is 0.285. The van der Waals surface area contributed by atoms with Crippen LogP contribution < -0.4 is 11.1 Å². The van der Waals surface area contributed by atoms with E-state index in [9.17, 15) is 29.4 Å². The molecule has 0 saturated carbocycles. The first kappa shape index (κ1) is 22.7. The zero-order valence-electron chi connectivity index (χ0n) is 15.5. The zero-order chi connectivity index (χ0) is 22.3. The Morgan fingerprint density at radius 2 is 2.17 bits per heavy atom. The van der Waals surface area contributed by atoms with Gasteiger partial charge in [0.15, 0.2) is 11.8 Å². The Balaban J connectivity index is 2.24. The molecule has 0 saturated heterocycles. The van der Waals surface area contributed by atoms with Crippen LogP contribution in [0.2, 0.25) is 0 Å². The molecule has 30 heavy (non-hydrogen) atoms. The number of carbonyl (C=O) groups is 4. The Morgan fingerprint density at radius 3 is 2.70 bits per heavy atom. The Hall–Kier alpha value is -3.55. The first-order chi connectivity index (χ1) is 14.2. The molecule has 1 aromatic rings. The summed E-state index contributed by atoms with van der Waals surface area (Å²) in [6.45, 7) is -0.326. The summed E-state index contributed by atoms with van der Waals surface area (Å²) in [5.41, 5.74) is 4.18. The summed E-state index contributed by atoms with van der Waals surface area (Å²) in [5, 5.41) is 23.6. The van der Waals surface area contributed by atoms with Crippen LogP contribution in [-0.2, 0) is 24.0 Å². The molecule has 5 N–H and O–H groups in total. The van der Waals surface area contributed by atoms with Crippen molar-refractivity contribution in [2.75, 3.05) is 19.5 Å². The van der Waals surface area contributed by atoms with Gasteiger partial charge in [-0.05, 0) is 12.1 Å². The van der Waals surface area contributed by atoms with E-state index >= 15 is 0 Å². The summed E-state index contributed by atoms with van der Waals surface area (Å²) in [5.74, 6) is -4.47. The smallest absolute Gasteiger partial charge is 0.404 e. The van der Waals surface area contributed by atoms with Crippen LogP contribution in [0, 0.1) is 5.92 Å². The molecule has 3 atom stereocenters. The fraction of sp³-hybridized carbons (Fsp3) is 0.375. The van der Waals surface area contributed by atoms with E-state index in [0.717, 1.165) is 11.8 Å². The minimum atomic E-state index is -1.59. The number of ether oxygens (including phenoxy) is 1.